The van der Waals surface area contributed by atoms with E-state index in [1.54, 1.807) is 6.92 Å². The molecule has 1 aromatic carbocycles. The molecule has 0 atom stereocenters. The van der Waals surface area contributed by atoms with Crippen LogP contribution in [0.15, 0.2) is 10.5 Å². The Morgan fingerprint density at radius 2 is 2.22 bits per heavy atom. The van der Waals surface area contributed by atoms with Crippen LogP contribution in [0.4, 0.5) is 5.69 Å². The highest BCUT2D eigenvalue weighted by Crippen LogP contribution is 2.43. The largest absolute Gasteiger partial charge is 0.501 e. The number of phenolic OH excluding ortho intramolecular Hbond substituents is 1. The van der Waals surface area contributed by atoms with Gasteiger partial charge in [-0.3, -0.25) is 10.1 Å². The Morgan fingerprint density at radius 3 is 2.67 bits per heavy atom. The fraction of sp³-hybridized carbons (Fsp3) is 0.300. The topological polar surface area (TPSA) is 98.9 Å². The van der Waals surface area contributed by atoms with E-state index in [9.17, 15) is 20.0 Å². The monoisotopic (exact) mass is 319 g/mol. The molecule has 1 rings (SSSR count). The lowest BCUT2D eigenvalue weighted by atomic mass is 10.1. The Kier molecular flexibility index (Phi) is 4.49. The van der Waals surface area contributed by atoms with Crippen LogP contribution in [-0.2, 0) is 4.74 Å². The van der Waals surface area contributed by atoms with Gasteiger partial charge in [-0.2, -0.15) is 0 Å². The Bertz CT molecular complexity index is 502. The number of ether oxygens (including phenoxy) is 2. The van der Waals surface area contributed by atoms with Crippen LogP contribution in [0, 0.1) is 10.1 Å². The lowest BCUT2D eigenvalue weighted by Gasteiger charge is -2.10. The minimum Gasteiger partial charge on any atom is -0.501 e. The fourth-order valence-corrected chi connectivity index (χ4v) is 1.74. The van der Waals surface area contributed by atoms with Crippen molar-refractivity contribution in [1.82, 2.24) is 0 Å². The van der Waals surface area contributed by atoms with E-state index in [-0.39, 0.29) is 22.4 Å². The summed E-state index contributed by atoms with van der Waals surface area (Å²) in [7, 11) is 1.09. The molecule has 0 unspecified atom stereocenters. The first-order valence-corrected chi connectivity index (χ1v) is 5.64. The second kappa shape index (κ2) is 5.67. The number of halogens is 1. The number of nitro benzene ring substituents is 1. The molecule has 1 N–H and O–H groups in total. The molecule has 0 amide bonds. The molecule has 7 nitrogen and oxygen atoms in total. The molecular formula is C10H10BrNO6. The van der Waals surface area contributed by atoms with E-state index in [0.717, 1.165) is 13.2 Å². The van der Waals surface area contributed by atoms with Crippen LogP contribution in [-0.4, -0.2) is 29.7 Å². The Hall–Kier alpha value is -1.83. The summed E-state index contributed by atoms with van der Waals surface area (Å²) in [5.41, 5.74) is -1.09. The van der Waals surface area contributed by atoms with E-state index in [0.29, 0.717) is 0 Å². The number of carbonyl (C=O) groups excluding carboxylic acids is 1. The van der Waals surface area contributed by atoms with Crippen molar-refractivity contribution in [1.29, 1.82) is 0 Å². The first-order valence-electron chi connectivity index (χ1n) is 4.85. The molecule has 0 heterocycles. The highest BCUT2D eigenvalue weighted by atomic mass is 79.9. The minimum atomic E-state index is -0.926. The predicted octanol–water partition coefficient (Wildman–Crippen LogP) is 2.25. The molecule has 0 aromatic heterocycles. The number of hydrogen-bond donors (Lipinski definition) is 1. The van der Waals surface area contributed by atoms with Crippen LogP contribution in [0.2, 0.25) is 0 Å². The Balaban J connectivity index is 3.55. The second-order valence-electron chi connectivity index (χ2n) is 3.12. The lowest BCUT2D eigenvalue weighted by molar-refractivity contribution is -0.386. The molecule has 0 saturated carbocycles. The van der Waals surface area contributed by atoms with Gasteiger partial charge in [0.1, 0.15) is 15.8 Å². The third-order valence-corrected chi connectivity index (χ3v) is 2.83. The molecule has 0 aliphatic rings. The van der Waals surface area contributed by atoms with Crippen molar-refractivity contribution < 1.29 is 24.3 Å². The van der Waals surface area contributed by atoms with E-state index in [2.05, 4.69) is 20.7 Å². The number of benzene rings is 1. The number of nitro groups is 1. The van der Waals surface area contributed by atoms with Crippen molar-refractivity contribution in [3.05, 3.63) is 26.2 Å². The predicted molar refractivity (Wildman–Crippen MR) is 65.0 cm³/mol. The Morgan fingerprint density at radius 1 is 1.61 bits per heavy atom. The number of methoxy groups -OCH3 is 1. The Labute approximate surface area is 111 Å². The molecule has 0 aliphatic carbocycles. The number of phenols is 1. The van der Waals surface area contributed by atoms with Crippen molar-refractivity contribution in [3.63, 3.8) is 0 Å². The van der Waals surface area contributed by atoms with Gasteiger partial charge in [0.05, 0.1) is 18.6 Å². The van der Waals surface area contributed by atoms with Crippen LogP contribution < -0.4 is 4.74 Å². The van der Waals surface area contributed by atoms with Crippen LogP contribution in [0.25, 0.3) is 0 Å². The number of nitrogens with zero attached hydrogens (tertiary/aromatic N) is 1. The summed E-state index contributed by atoms with van der Waals surface area (Å²) in [4.78, 5) is 21.5. The zero-order valence-corrected chi connectivity index (χ0v) is 11.2. The molecule has 8 heteroatoms. The van der Waals surface area contributed by atoms with Crippen molar-refractivity contribution in [2.75, 3.05) is 13.7 Å². The van der Waals surface area contributed by atoms with Gasteiger partial charge in [0.15, 0.2) is 0 Å². The zero-order chi connectivity index (χ0) is 13.9. The number of aromatic hydroxyl groups is 1. The van der Waals surface area contributed by atoms with Crippen LogP contribution in [0.1, 0.15) is 17.3 Å². The molecule has 0 spiro atoms. The zero-order valence-electron chi connectivity index (χ0n) is 9.60. The summed E-state index contributed by atoms with van der Waals surface area (Å²) in [6.07, 6.45) is 0. The molecule has 18 heavy (non-hydrogen) atoms. The third-order valence-electron chi connectivity index (χ3n) is 2.07. The molecule has 0 radical (unpaired) electrons. The van der Waals surface area contributed by atoms with Crippen LogP contribution in [0.5, 0.6) is 11.5 Å². The van der Waals surface area contributed by atoms with E-state index < -0.39 is 22.3 Å². The van der Waals surface area contributed by atoms with Crippen molar-refractivity contribution in [3.8, 4) is 11.5 Å². The van der Waals surface area contributed by atoms with Gasteiger partial charge in [0, 0.05) is 6.07 Å². The minimum absolute atomic E-state index is 0.0173. The van der Waals surface area contributed by atoms with Crippen molar-refractivity contribution >= 4 is 27.6 Å². The van der Waals surface area contributed by atoms with Gasteiger partial charge in [-0.1, -0.05) is 0 Å². The van der Waals surface area contributed by atoms with Gasteiger partial charge in [-0.15, -0.1) is 0 Å². The van der Waals surface area contributed by atoms with Gasteiger partial charge in [-0.25, -0.2) is 4.79 Å². The first kappa shape index (κ1) is 14.2. The van der Waals surface area contributed by atoms with Crippen LogP contribution in [0.3, 0.4) is 0 Å². The normalized spacial score (nSPS) is 9.94. The molecule has 0 fully saturated rings. The van der Waals surface area contributed by atoms with Crippen molar-refractivity contribution in [2.24, 2.45) is 0 Å². The maximum absolute atomic E-state index is 11.5. The average molecular weight is 320 g/mol. The fourth-order valence-electron chi connectivity index (χ4n) is 1.32. The highest BCUT2D eigenvalue weighted by molar-refractivity contribution is 9.10. The van der Waals surface area contributed by atoms with Gasteiger partial charge in [0.2, 0.25) is 5.75 Å². The van der Waals surface area contributed by atoms with Gasteiger partial charge in [0.25, 0.3) is 0 Å². The molecule has 0 bridgehead atoms. The second-order valence-corrected chi connectivity index (χ2v) is 3.91. The maximum atomic E-state index is 11.5. The van der Waals surface area contributed by atoms with Gasteiger partial charge >= 0.3 is 11.7 Å². The van der Waals surface area contributed by atoms with E-state index >= 15 is 0 Å². The quantitative estimate of drug-likeness (QED) is 0.519. The highest BCUT2D eigenvalue weighted by Gasteiger charge is 2.30. The molecule has 0 aliphatic heterocycles. The maximum Gasteiger partial charge on any atom is 0.345 e. The van der Waals surface area contributed by atoms with E-state index in [1.807, 2.05) is 0 Å². The molecule has 0 saturated heterocycles. The van der Waals surface area contributed by atoms with E-state index in [4.69, 9.17) is 4.74 Å². The smallest absolute Gasteiger partial charge is 0.345 e. The first-order chi connectivity index (χ1) is 8.43. The van der Waals surface area contributed by atoms with Gasteiger partial charge < -0.3 is 14.6 Å². The molecule has 1 aromatic rings. The van der Waals surface area contributed by atoms with E-state index in [1.165, 1.54) is 0 Å². The molecular weight excluding hydrogens is 310 g/mol. The SMILES string of the molecule is CCOc1cc(C(=O)OC)c([N+](=O)[O-])c(O)c1Br. The van der Waals surface area contributed by atoms with Crippen LogP contribution >= 0.6 is 15.9 Å². The number of carbonyl (C=O) groups is 1. The van der Waals surface area contributed by atoms with Gasteiger partial charge in [-0.05, 0) is 22.9 Å². The number of hydrogen-bond acceptors (Lipinski definition) is 6. The lowest BCUT2D eigenvalue weighted by Crippen LogP contribution is -2.07. The summed E-state index contributed by atoms with van der Waals surface area (Å²) in [5.74, 6) is -1.47. The van der Waals surface area contributed by atoms with Crippen molar-refractivity contribution in [2.45, 2.75) is 6.92 Å². The summed E-state index contributed by atoms with van der Waals surface area (Å²) in [6, 6.07) is 1.15. The summed E-state index contributed by atoms with van der Waals surface area (Å²) >= 11 is 2.97. The summed E-state index contributed by atoms with van der Waals surface area (Å²) < 4.78 is 9.60. The standard InChI is InChI=1S/C10H10BrNO6/c1-3-18-6-4-5(10(14)17-2)8(12(15)16)9(13)7(6)11/h4,13H,3H2,1-2H3. The molecule has 98 valence electrons. The number of esters is 1. The summed E-state index contributed by atoms with van der Waals surface area (Å²) in [6.45, 7) is 1.97. The summed E-state index contributed by atoms with van der Waals surface area (Å²) in [5, 5.41) is 20.6. The number of rotatable bonds is 4. The average Bonchev–Trinajstić information content (AvgIpc) is 2.33. The third kappa shape index (κ3) is 2.53.